The summed E-state index contributed by atoms with van der Waals surface area (Å²) in [6.45, 7) is 2.14. The lowest BCUT2D eigenvalue weighted by Gasteiger charge is -2.20. The normalized spacial score (nSPS) is 19.3. The van der Waals surface area contributed by atoms with Gasteiger partial charge in [-0.1, -0.05) is 13.3 Å². The van der Waals surface area contributed by atoms with Crippen LogP contribution in [0.1, 0.15) is 43.0 Å². The average molecular weight is 320 g/mol. The number of benzene rings is 1. The van der Waals surface area contributed by atoms with Crippen molar-refractivity contribution in [3.63, 3.8) is 0 Å². The van der Waals surface area contributed by atoms with Gasteiger partial charge in [0.05, 0.1) is 21.3 Å². The zero-order valence-corrected chi connectivity index (χ0v) is 14.1. The number of hydrogen-bond acceptors (Lipinski definition) is 5. The van der Waals surface area contributed by atoms with Crippen LogP contribution in [0.2, 0.25) is 0 Å². The van der Waals surface area contributed by atoms with Gasteiger partial charge in [0.2, 0.25) is 5.75 Å². The predicted molar refractivity (Wildman–Crippen MR) is 88.6 cm³/mol. The van der Waals surface area contributed by atoms with E-state index in [-0.39, 0.29) is 5.91 Å². The molecule has 0 saturated heterocycles. The van der Waals surface area contributed by atoms with Crippen molar-refractivity contribution in [2.45, 2.75) is 32.6 Å². The Morgan fingerprint density at radius 1 is 1.13 bits per heavy atom. The minimum Gasteiger partial charge on any atom is -0.493 e. The van der Waals surface area contributed by atoms with E-state index >= 15 is 0 Å². The third kappa shape index (κ3) is 3.94. The van der Waals surface area contributed by atoms with Crippen molar-refractivity contribution >= 4 is 11.6 Å². The molecule has 6 nitrogen and oxygen atoms in total. The molecule has 0 spiro atoms. The molecule has 0 heterocycles. The van der Waals surface area contributed by atoms with Gasteiger partial charge < -0.3 is 14.2 Å². The number of nitrogens with zero attached hydrogens (tertiary/aromatic N) is 1. The summed E-state index contributed by atoms with van der Waals surface area (Å²) >= 11 is 0. The number of amides is 1. The van der Waals surface area contributed by atoms with Gasteiger partial charge in [-0.15, -0.1) is 0 Å². The summed E-state index contributed by atoms with van der Waals surface area (Å²) in [5, 5.41) is 4.30. The first-order valence-corrected chi connectivity index (χ1v) is 7.77. The van der Waals surface area contributed by atoms with Gasteiger partial charge in [0, 0.05) is 11.3 Å². The Hall–Kier alpha value is -2.24. The summed E-state index contributed by atoms with van der Waals surface area (Å²) in [5.41, 5.74) is 4.10. The van der Waals surface area contributed by atoms with Gasteiger partial charge in [-0.3, -0.25) is 4.79 Å². The Labute approximate surface area is 136 Å². The first-order valence-electron chi connectivity index (χ1n) is 7.77. The van der Waals surface area contributed by atoms with Gasteiger partial charge in [-0.05, 0) is 37.3 Å². The van der Waals surface area contributed by atoms with Gasteiger partial charge in [0.1, 0.15) is 0 Å². The number of nitrogens with one attached hydrogen (secondary N) is 1. The van der Waals surface area contributed by atoms with E-state index in [2.05, 4.69) is 17.5 Å². The monoisotopic (exact) mass is 320 g/mol. The molecule has 0 bridgehead atoms. The molecule has 0 radical (unpaired) electrons. The quantitative estimate of drug-likeness (QED) is 0.847. The van der Waals surface area contributed by atoms with Crippen molar-refractivity contribution in [1.29, 1.82) is 0 Å². The molecule has 1 aromatic rings. The molecule has 126 valence electrons. The van der Waals surface area contributed by atoms with Crippen molar-refractivity contribution < 1.29 is 19.0 Å². The summed E-state index contributed by atoms with van der Waals surface area (Å²) in [6.07, 6.45) is 4.42. The van der Waals surface area contributed by atoms with E-state index in [0.29, 0.717) is 28.7 Å². The Balaban J connectivity index is 2.20. The van der Waals surface area contributed by atoms with Gasteiger partial charge in [0.15, 0.2) is 11.5 Å². The number of hydrazone groups is 1. The Bertz CT molecular complexity index is 573. The number of methoxy groups -OCH3 is 3. The van der Waals surface area contributed by atoms with E-state index < -0.39 is 0 Å². The van der Waals surface area contributed by atoms with Crippen LogP contribution in [0.4, 0.5) is 0 Å². The van der Waals surface area contributed by atoms with Crippen molar-refractivity contribution in [2.24, 2.45) is 11.0 Å². The number of rotatable bonds is 5. The Morgan fingerprint density at radius 2 is 1.78 bits per heavy atom. The topological polar surface area (TPSA) is 69.2 Å². The van der Waals surface area contributed by atoms with Crippen LogP contribution in [-0.4, -0.2) is 32.9 Å². The molecule has 0 aromatic heterocycles. The molecule has 1 atom stereocenters. The SMILES string of the molecule is COc1cc(C(=O)N/N=C2/CCCCC2C)cc(OC)c1OC. The van der Waals surface area contributed by atoms with Gasteiger partial charge in [0.25, 0.3) is 5.91 Å². The second-order valence-electron chi connectivity index (χ2n) is 5.60. The fourth-order valence-electron chi connectivity index (χ4n) is 2.74. The molecule has 1 fully saturated rings. The molecule has 1 aliphatic carbocycles. The third-order valence-electron chi connectivity index (χ3n) is 4.12. The zero-order chi connectivity index (χ0) is 16.8. The maximum atomic E-state index is 12.4. The average Bonchev–Trinajstić information content (AvgIpc) is 2.59. The van der Waals surface area contributed by atoms with E-state index in [0.717, 1.165) is 25.0 Å². The number of carbonyl (C=O) groups is 1. The standard InChI is InChI=1S/C17H24N2O4/c1-11-7-5-6-8-13(11)18-19-17(20)12-9-14(21-2)16(23-4)15(10-12)22-3/h9-11H,5-8H2,1-4H3,(H,19,20)/b18-13-. The predicted octanol–water partition coefficient (Wildman–Crippen LogP) is 3.01. The molecule has 23 heavy (non-hydrogen) atoms. The lowest BCUT2D eigenvalue weighted by atomic mass is 9.89. The van der Waals surface area contributed by atoms with Crippen LogP contribution in [0.5, 0.6) is 17.2 Å². The Kier molecular flexibility index (Phi) is 5.84. The second kappa shape index (κ2) is 7.85. The van der Waals surface area contributed by atoms with E-state index in [9.17, 15) is 4.79 Å². The highest BCUT2D eigenvalue weighted by molar-refractivity contribution is 5.97. The van der Waals surface area contributed by atoms with Crippen LogP contribution in [0.15, 0.2) is 17.2 Å². The van der Waals surface area contributed by atoms with Crippen LogP contribution in [0.25, 0.3) is 0 Å². The van der Waals surface area contributed by atoms with Crippen molar-refractivity contribution in [3.05, 3.63) is 17.7 Å². The highest BCUT2D eigenvalue weighted by atomic mass is 16.5. The number of hydrogen-bond donors (Lipinski definition) is 1. The fraction of sp³-hybridized carbons (Fsp3) is 0.529. The molecule has 2 rings (SSSR count). The summed E-state index contributed by atoms with van der Waals surface area (Å²) < 4.78 is 15.8. The minimum atomic E-state index is -0.297. The lowest BCUT2D eigenvalue weighted by molar-refractivity contribution is 0.0953. The van der Waals surface area contributed by atoms with Crippen LogP contribution in [0, 0.1) is 5.92 Å². The van der Waals surface area contributed by atoms with E-state index in [4.69, 9.17) is 14.2 Å². The molecule has 1 amide bonds. The van der Waals surface area contributed by atoms with Crippen LogP contribution in [0.3, 0.4) is 0 Å². The molecule has 0 aliphatic heterocycles. The van der Waals surface area contributed by atoms with Crippen molar-refractivity contribution in [2.75, 3.05) is 21.3 Å². The molecule has 1 N–H and O–H groups in total. The highest BCUT2D eigenvalue weighted by Crippen LogP contribution is 2.38. The summed E-state index contributed by atoms with van der Waals surface area (Å²) in [5.74, 6) is 1.46. The third-order valence-corrected chi connectivity index (χ3v) is 4.12. The maximum Gasteiger partial charge on any atom is 0.271 e. The van der Waals surface area contributed by atoms with E-state index in [1.54, 1.807) is 12.1 Å². The summed E-state index contributed by atoms with van der Waals surface area (Å²) in [7, 11) is 4.56. The van der Waals surface area contributed by atoms with E-state index in [1.165, 1.54) is 27.8 Å². The zero-order valence-electron chi connectivity index (χ0n) is 14.1. The molecule has 1 aromatic carbocycles. The number of carbonyl (C=O) groups excluding carboxylic acids is 1. The maximum absolute atomic E-state index is 12.4. The smallest absolute Gasteiger partial charge is 0.271 e. The molecule has 1 aliphatic rings. The van der Waals surface area contributed by atoms with Crippen molar-refractivity contribution in [1.82, 2.24) is 5.43 Å². The van der Waals surface area contributed by atoms with E-state index in [1.807, 2.05) is 0 Å². The Morgan fingerprint density at radius 3 is 2.30 bits per heavy atom. The van der Waals surface area contributed by atoms with Crippen molar-refractivity contribution in [3.8, 4) is 17.2 Å². The molecule has 1 unspecified atom stereocenters. The largest absolute Gasteiger partial charge is 0.493 e. The molecular formula is C17H24N2O4. The van der Waals surface area contributed by atoms with Crippen LogP contribution in [-0.2, 0) is 0 Å². The summed E-state index contributed by atoms with van der Waals surface area (Å²) in [6, 6.07) is 3.22. The van der Waals surface area contributed by atoms with Crippen LogP contribution < -0.4 is 19.6 Å². The van der Waals surface area contributed by atoms with Crippen LogP contribution >= 0.6 is 0 Å². The number of ether oxygens (including phenoxy) is 3. The van der Waals surface area contributed by atoms with Gasteiger partial charge in [-0.25, -0.2) is 5.43 Å². The molecular weight excluding hydrogens is 296 g/mol. The highest BCUT2D eigenvalue weighted by Gasteiger charge is 2.19. The lowest BCUT2D eigenvalue weighted by Crippen LogP contribution is -2.24. The van der Waals surface area contributed by atoms with Gasteiger partial charge >= 0.3 is 0 Å². The first-order chi connectivity index (χ1) is 11.1. The fourth-order valence-corrected chi connectivity index (χ4v) is 2.74. The minimum absolute atomic E-state index is 0.297. The summed E-state index contributed by atoms with van der Waals surface area (Å²) in [4.78, 5) is 12.4. The van der Waals surface area contributed by atoms with Gasteiger partial charge in [-0.2, -0.15) is 5.10 Å². The second-order valence-corrected chi connectivity index (χ2v) is 5.60. The molecule has 1 saturated carbocycles. The first kappa shape index (κ1) is 17.1. The molecule has 6 heteroatoms.